The van der Waals surface area contributed by atoms with Gasteiger partial charge in [0.2, 0.25) is 0 Å². The van der Waals surface area contributed by atoms with Crippen molar-refractivity contribution < 1.29 is 14.7 Å². The number of aromatic nitrogens is 3. The van der Waals surface area contributed by atoms with Crippen molar-refractivity contribution in [2.45, 2.75) is 65.0 Å². The summed E-state index contributed by atoms with van der Waals surface area (Å²) in [6.45, 7) is 7.69. The fraction of sp³-hybridized carbons (Fsp3) is 0.579. The summed E-state index contributed by atoms with van der Waals surface area (Å²) in [6, 6.07) is 1.97. The molecule has 3 rings (SSSR count). The third-order valence-corrected chi connectivity index (χ3v) is 5.40. The van der Waals surface area contributed by atoms with Gasteiger partial charge in [-0.25, -0.2) is 9.67 Å². The van der Waals surface area contributed by atoms with Crippen molar-refractivity contribution in [1.29, 1.82) is 0 Å². The largest absolute Gasteiger partial charge is 0.481 e. The summed E-state index contributed by atoms with van der Waals surface area (Å²) in [7, 11) is 0. The SMILES string of the molecule is Cc1nc2c(cnn2C(C)C)cc1C(=O)NC1(C)CCCCC1C(=O)O. The van der Waals surface area contributed by atoms with Crippen LogP contribution in [0.4, 0.5) is 0 Å². The number of carboxylic acids is 1. The van der Waals surface area contributed by atoms with E-state index in [1.54, 1.807) is 19.2 Å². The topological polar surface area (TPSA) is 97.1 Å². The highest BCUT2D eigenvalue weighted by Gasteiger charge is 2.42. The lowest BCUT2D eigenvalue weighted by molar-refractivity contribution is -0.145. The van der Waals surface area contributed by atoms with E-state index in [4.69, 9.17) is 0 Å². The molecule has 2 unspecified atom stereocenters. The van der Waals surface area contributed by atoms with E-state index in [1.807, 2.05) is 25.5 Å². The van der Waals surface area contributed by atoms with Crippen LogP contribution in [0.25, 0.3) is 11.0 Å². The molecule has 0 spiro atoms. The quantitative estimate of drug-likeness (QED) is 0.875. The van der Waals surface area contributed by atoms with Crippen LogP contribution in [0, 0.1) is 12.8 Å². The maximum Gasteiger partial charge on any atom is 0.308 e. The summed E-state index contributed by atoms with van der Waals surface area (Å²) < 4.78 is 1.83. The average Bonchev–Trinajstić information content (AvgIpc) is 2.96. The highest BCUT2D eigenvalue weighted by atomic mass is 16.4. The Labute approximate surface area is 152 Å². The Morgan fingerprint density at radius 3 is 2.77 bits per heavy atom. The maximum atomic E-state index is 12.9. The first-order chi connectivity index (χ1) is 12.2. The number of rotatable bonds is 4. The smallest absolute Gasteiger partial charge is 0.308 e. The summed E-state index contributed by atoms with van der Waals surface area (Å²) in [5, 5.41) is 17.7. The van der Waals surface area contributed by atoms with Crippen molar-refractivity contribution in [3.05, 3.63) is 23.5 Å². The van der Waals surface area contributed by atoms with Gasteiger partial charge in [0.25, 0.3) is 5.91 Å². The summed E-state index contributed by atoms with van der Waals surface area (Å²) in [5.74, 6) is -1.69. The van der Waals surface area contributed by atoms with E-state index in [1.165, 1.54) is 0 Å². The van der Waals surface area contributed by atoms with Crippen LogP contribution < -0.4 is 5.32 Å². The van der Waals surface area contributed by atoms with Crippen LogP contribution in [-0.4, -0.2) is 37.3 Å². The second-order valence-corrected chi connectivity index (χ2v) is 7.73. The van der Waals surface area contributed by atoms with Crippen LogP contribution in [0.3, 0.4) is 0 Å². The highest BCUT2D eigenvalue weighted by Crippen LogP contribution is 2.34. The van der Waals surface area contributed by atoms with E-state index in [9.17, 15) is 14.7 Å². The second kappa shape index (κ2) is 6.70. The molecule has 140 valence electrons. The fourth-order valence-electron chi connectivity index (χ4n) is 3.88. The Morgan fingerprint density at radius 2 is 2.12 bits per heavy atom. The minimum absolute atomic E-state index is 0.177. The number of pyridine rings is 1. The molecule has 2 atom stereocenters. The first kappa shape index (κ1) is 18.4. The van der Waals surface area contributed by atoms with Crippen LogP contribution in [0.1, 0.15) is 68.5 Å². The van der Waals surface area contributed by atoms with Crippen molar-refractivity contribution >= 4 is 22.9 Å². The number of hydrogen-bond donors (Lipinski definition) is 2. The molecule has 0 aromatic carbocycles. The molecule has 1 aliphatic rings. The number of nitrogens with zero attached hydrogens (tertiary/aromatic N) is 3. The first-order valence-corrected chi connectivity index (χ1v) is 9.13. The number of aliphatic carboxylic acids is 1. The molecule has 0 saturated heterocycles. The van der Waals surface area contributed by atoms with E-state index < -0.39 is 17.4 Å². The first-order valence-electron chi connectivity index (χ1n) is 9.13. The standard InChI is InChI=1S/C19H26N4O3/c1-11(2)23-16-13(10-20-23)9-14(12(3)21-16)17(24)22-19(4)8-6-5-7-15(19)18(25)26/h9-11,15H,5-8H2,1-4H3,(H,22,24)(H,25,26). The summed E-state index contributed by atoms with van der Waals surface area (Å²) in [6.07, 6.45) is 4.75. The molecule has 7 heteroatoms. The zero-order valence-electron chi connectivity index (χ0n) is 15.7. The van der Waals surface area contributed by atoms with E-state index in [-0.39, 0.29) is 11.9 Å². The molecular formula is C19H26N4O3. The molecule has 1 fully saturated rings. The van der Waals surface area contributed by atoms with Gasteiger partial charge in [-0.2, -0.15) is 5.10 Å². The van der Waals surface area contributed by atoms with Crippen LogP contribution in [-0.2, 0) is 4.79 Å². The number of aryl methyl sites for hydroxylation is 1. The molecule has 0 radical (unpaired) electrons. The zero-order chi connectivity index (χ0) is 19.1. The summed E-state index contributed by atoms with van der Waals surface area (Å²) >= 11 is 0. The summed E-state index contributed by atoms with van der Waals surface area (Å²) in [5.41, 5.74) is 1.09. The molecular weight excluding hydrogens is 332 g/mol. The van der Waals surface area contributed by atoms with Gasteiger partial charge in [0.05, 0.1) is 28.9 Å². The van der Waals surface area contributed by atoms with Gasteiger partial charge in [-0.1, -0.05) is 12.8 Å². The lowest BCUT2D eigenvalue weighted by Gasteiger charge is -2.39. The predicted octanol–water partition coefficient (Wildman–Crippen LogP) is 3.08. The monoisotopic (exact) mass is 358 g/mol. The van der Waals surface area contributed by atoms with Gasteiger partial charge < -0.3 is 10.4 Å². The Morgan fingerprint density at radius 1 is 1.38 bits per heavy atom. The Bertz CT molecular complexity index is 858. The number of carboxylic acid groups (broad SMARTS) is 1. The molecule has 1 aliphatic carbocycles. The number of hydrogen-bond acceptors (Lipinski definition) is 4. The Kier molecular flexibility index (Phi) is 4.73. The van der Waals surface area contributed by atoms with Crippen LogP contribution in [0.5, 0.6) is 0 Å². The molecule has 2 aromatic heterocycles. The molecule has 2 N–H and O–H groups in total. The molecule has 26 heavy (non-hydrogen) atoms. The van der Waals surface area contributed by atoms with Crippen molar-refractivity contribution in [1.82, 2.24) is 20.1 Å². The number of carbonyl (C=O) groups is 2. The average molecular weight is 358 g/mol. The minimum atomic E-state index is -0.851. The van der Waals surface area contributed by atoms with Crippen molar-refractivity contribution in [3.8, 4) is 0 Å². The molecule has 1 amide bonds. The molecule has 0 bridgehead atoms. The summed E-state index contributed by atoms with van der Waals surface area (Å²) in [4.78, 5) is 29.1. The normalized spacial score (nSPS) is 23.3. The third-order valence-electron chi connectivity index (χ3n) is 5.40. The molecule has 2 aromatic rings. The predicted molar refractivity (Wildman–Crippen MR) is 98.1 cm³/mol. The van der Waals surface area contributed by atoms with Crippen molar-refractivity contribution in [2.24, 2.45) is 5.92 Å². The minimum Gasteiger partial charge on any atom is -0.481 e. The zero-order valence-corrected chi connectivity index (χ0v) is 15.7. The van der Waals surface area contributed by atoms with Gasteiger partial charge in [-0.3, -0.25) is 9.59 Å². The third kappa shape index (κ3) is 3.18. The van der Waals surface area contributed by atoms with Crippen LogP contribution >= 0.6 is 0 Å². The van der Waals surface area contributed by atoms with E-state index in [0.29, 0.717) is 24.1 Å². The van der Waals surface area contributed by atoms with Gasteiger partial charge >= 0.3 is 5.97 Å². The molecule has 0 aliphatic heterocycles. The highest BCUT2D eigenvalue weighted by molar-refractivity contribution is 5.98. The van der Waals surface area contributed by atoms with Gasteiger partial charge in [0.15, 0.2) is 5.65 Å². The number of amides is 1. The van der Waals surface area contributed by atoms with Gasteiger partial charge in [-0.05, 0) is 46.6 Å². The maximum absolute atomic E-state index is 12.9. The second-order valence-electron chi connectivity index (χ2n) is 7.73. The van der Waals surface area contributed by atoms with Gasteiger partial charge in [-0.15, -0.1) is 0 Å². The van der Waals surface area contributed by atoms with E-state index >= 15 is 0 Å². The number of fused-ring (bicyclic) bond motifs is 1. The lowest BCUT2D eigenvalue weighted by atomic mass is 9.73. The van der Waals surface area contributed by atoms with Crippen LogP contribution in [0.15, 0.2) is 12.3 Å². The van der Waals surface area contributed by atoms with Gasteiger partial charge in [0, 0.05) is 11.4 Å². The molecule has 2 heterocycles. The van der Waals surface area contributed by atoms with E-state index in [2.05, 4.69) is 15.4 Å². The Hall–Kier alpha value is -2.44. The molecule has 1 saturated carbocycles. The lowest BCUT2D eigenvalue weighted by Crippen LogP contribution is -2.55. The number of nitrogens with one attached hydrogen (secondary N) is 1. The van der Waals surface area contributed by atoms with E-state index in [0.717, 1.165) is 23.9 Å². The molecule has 7 nitrogen and oxygen atoms in total. The van der Waals surface area contributed by atoms with Gasteiger partial charge in [0.1, 0.15) is 0 Å². The van der Waals surface area contributed by atoms with Crippen LogP contribution in [0.2, 0.25) is 0 Å². The fourth-order valence-corrected chi connectivity index (χ4v) is 3.88. The van der Waals surface area contributed by atoms with Crippen molar-refractivity contribution in [3.63, 3.8) is 0 Å². The number of carbonyl (C=O) groups excluding carboxylic acids is 1. The Balaban J connectivity index is 1.92. The van der Waals surface area contributed by atoms with Crippen molar-refractivity contribution in [2.75, 3.05) is 0 Å².